The smallest absolute Gasteiger partial charge is 0.253 e. The Bertz CT molecular complexity index is 1240. The van der Waals surface area contributed by atoms with Gasteiger partial charge in [-0.05, 0) is 65.9 Å². The molecule has 0 radical (unpaired) electrons. The van der Waals surface area contributed by atoms with Gasteiger partial charge in [0.25, 0.3) is 5.91 Å². The first-order chi connectivity index (χ1) is 17.5. The standard InChI is InChI=1S/C29H29FN2O4/c1-2-19-3-6-21(7-4-19)23-14-24(17-32(16-23)29(34)22-8-10-25(30)11-9-22)28(33)31-15-20-5-12-26-27(13-20)36-18-35-26/h3-13,23-24H,2,14-18H2,1H3,(H,31,33)/t23-,24-/m0/s1. The summed E-state index contributed by atoms with van der Waals surface area (Å²) in [5.41, 5.74) is 3.68. The van der Waals surface area contributed by atoms with Crippen LogP contribution in [0.1, 0.15) is 46.3 Å². The van der Waals surface area contributed by atoms with Gasteiger partial charge < -0.3 is 19.7 Å². The van der Waals surface area contributed by atoms with Crippen LogP contribution in [0.4, 0.5) is 4.39 Å². The molecule has 2 aliphatic rings. The van der Waals surface area contributed by atoms with E-state index in [-0.39, 0.29) is 36.3 Å². The molecule has 0 unspecified atom stereocenters. The number of aryl methyl sites for hydroxylation is 1. The third kappa shape index (κ3) is 5.20. The summed E-state index contributed by atoms with van der Waals surface area (Å²) in [5, 5.41) is 3.03. The molecule has 186 valence electrons. The van der Waals surface area contributed by atoms with E-state index in [1.54, 1.807) is 4.90 Å². The molecule has 3 aromatic rings. The van der Waals surface area contributed by atoms with Gasteiger partial charge in [-0.3, -0.25) is 9.59 Å². The molecular formula is C29H29FN2O4. The Morgan fingerprint density at radius 3 is 2.42 bits per heavy atom. The fourth-order valence-corrected chi connectivity index (χ4v) is 4.88. The van der Waals surface area contributed by atoms with Crippen LogP contribution < -0.4 is 14.8 Å². The van der Waals surface area contributed by atoms with Gasteiger partial charge in [-0.25, -0.2) is 4.39 Å². The molecule has 1 N–H and O–H groups in total. The van der Waals surface area contributed by atoms with E-state index in [4.69, 9.17) is 9.47 Å². The Morgan fingerprint density at radius 1 is 0.944 bits per heavy atom. The number of hydrogen-bond acceptors (Lipinski definition) is 4. The van der Waals surface area contributed by atoms with E-state index in [1.807, 2.05) is 18.2 Å². The van der Waals surface area contributed by atoms with E-state index in [2.05, 4.69) is 36.5 Å². The largest absolute Gasteiger partial charge is 0.454 e. The van der Waals surface area contributed by atoms with E-state index < -0.39 is 0 Å². The maximum Gasteiger partial charge on any atom is 0.253 e. The van der Waals surface area contributed by atoms with Gasteiger partial charge in [-0.1, -0.05) is 37.3 Å². The molecule has 0 saturated carbocycles. The number of piperidine rings is 1. The highest BCUT2D eigenvalue weighted by atomic mass is 19.1. The van der Waals surface area contributed by atoms with Crippen LogP contribution in [0.3, 0.4) is 0 Å². The number of carbonyl (C=O) groups excluding carboxylic acids is 2. The molecule has 0 spiro atoms. The summed E-state index contributed by atoms with van der Waals surface area (Å²) in [7, 11) is 0. The zero-order chi connectivity index (χ0) is 25.1. The van der Waals surface area contributed by atoms with E-state index in [0.717, 1.165) is 17.5 Å². The minimum atomic E-state index is -0.389. The van der Waals surface area contributed by atoms with Gasteiger partial charge in [0.15, 0.2) is 11.5 Å². The number of likely N-dealkylation sites (tertiary alicyclic amines) is 1. The highest BCUT2D eigenvalue weighted by Gasteiger charge is 2.35. The Hall–Kier alpha value is -3.87. The van der Waals surface area contributed by atoms with E-state index in [9.17, 15) is 14.0 Å². The zero-order valence-electron chi connectivity index (χ0n) is 20.2. The van der Waals surface area contributed by atoms with Crippen LogP contribution in [-0.2, 0) is 17.8 Å². The Morgan fingerprint density at radius 2 is 1.67 bits per heavy atom. The monoisotopic (exact) mass is 488 g/mol. The Kier molecular flexibility index (Phi) is 6.89. The van der Waals surface area contributed by atoms with E-state index in [0.29, 0.717) is 43.1 Å². The molecule has 2 aliphatic heterocycles. The number of benzene rings is 3. The Balaban J connectivity index is 1.33. The summed E-state index contributed by atoms with van der Waals surface area (Å²) < 4.78 is 24.2. The minimum Gasteiger partial charge on any atom is -0.454 e. The lowest BCUT2D eigenvalue weighted by molar-refractivity contribution is -0.126. The predicted octanol–water partition coefficient (Wildman–Crippen LogP) is 4.68. The maximum absolute atomic E-state index is 13.4. The lowest BCUT2D eigenvalue weighted by Gasteiger charge is -2.37. The van der Waals surface area contributed by atoms with E-state index >= 15 is 0 Å². The van der Waals surface area contributed by atoms with Gasteiger partial charge >= 0.3 is 0 Å². The average Bonchev–Trinajstić information content (AvgIpc) is 3.39. The van der Waals surface area contributed by atoms with Crippen LogP contribution in [0, 0.1) is 11.7 Å². The number of hydrogen-bond donors (Lipinski definition) is 1. The van der Waals surface area contributed by atoms with Crippen molar-refractivity contribution in [3.8, 4) is 11.5 Å². The van der Waals surface area contributed by atoms with Gasteiger partial charge in [0.05, 0.1) is 5.92 Å². The fraction of sp³-hybridized carbons (Fsp3) is 0.310. The molecule has 0 bridgehead atoms. The van der Waals surface area contributed by atoms with Crippen molar-refractivity contribution in [3.05, 3.63) is 94.8 Å². The van der Waals surface area contributed by atoms with Crippen molar-refractivity contribution in [3.63, 3.8) is 0 Å². The third-order valence-electron chi connectivity index (χ3n) is 6.96. The third-order valence-corrected chi connectivity index (χ3v) is 6.96. The van der Waals surface area contributed by atoms with Crippen LogP contribution in [0.25, 0.3) is 0 Å². The topological polar surface area (TPSA) is 67.9 Å². The molecule has 36 heavy (non-hydrogen) atoms. The molecule has 6 nitrogen and oxygen atoms in total. The summed E-state index contributed by atoms with van der Waals surface area (Å²) in [6.07, 6.45) is 1.59. The lowest BCUT2D eigenvalue weighted by Crippen LogP contribution is -2.48. The van der Waals surface area contributed by atoms with Crippen molar-refractivity contribution in [1.82, 2.24) is 10.2 Å². The van der Waals surface area contributed by atoms with Crippen LogP contribution in [0.5, 0.6) is 11.5 Å². The first-order valence-corrected chi connectivity index (χ1v) is 12.3. The Labute approximate surface area is 210 Å². The second-order valence-electron chi connectivity index (χ2n) is 9.35. The maximum atomic E-state index is 13.4. The van der Waals surface area contributed by atoms with Crippen molar-refractivity contribution in [1.29, 1.82) is 0 Å². The highest BCUT2D eigenvalue weighted by Crippen LogP contribution is 2.33. The number of carbonyl (C=O) groups is 2. The second kappa shape index (κ2) is 10.4. The van der Waals surface area contributed by atoms with Gasteiger partial charge in [0, 0.05) is 31.1 Å². The zero-order valence-corrected chi connectivity index (χ0v) is 20.2. The molecule has 1 saturated heterocycles. The van der Waals surface area contributed by atoms with Crippen LogP contribution in [0.15, 0.2) is 66.7 Å². The van der Waals surface area contributed by atoms with Gasteiger partial charge in [0.1, 0.15) is 5.82 Å². The summed E-state index contributed by atoms with van der Waals surface area (Å²) >= 11 is 0. The van der Waals surface area contributed by atoms with E-state index in [1.165, 1.54) is 29.8 Å². The number of nitrogens with one attached hydrogen (secondary N) is 1. The summed E-state index contributed by atoms with van der Waals surface area (Å²) in [6, 6.07) is 19.6. The first-order valence-electron chi connectivity index (χ1n) is 12.3. The molecule has 2 amide bonds. The SMILES string of the molecule is CCc1ccc([C@H]2C[C@H](C(=O)NCc3ccc4c(c3)OCO4)CN(C(=O)c3ccc(F)cc3)C2)cc1. The molecular weight excluding hydrogens is 459 g/mol. The van der Waals surface area contributed by atoms with Gasteiger partial charge in [0.2, 0.25) is 12.7 Å². The van der Waals surface area contributed by atoms with Gasteiger partial charge in [-0.15, -0.1) is 0 Å². The highest BCUT2D eigenvalue weighted by molar-refractivity contribution is 5.94. The number of nitrogens with zero attached hydrogens (tertiary/aromatic N) is 1. The number of rotatable bonds is 6. The molecule has 0 aromatic heterocycles. The number of halogens is 1. The summed E-state index contributed by atoms with van der Waals surface area (Å²) in [6.45, 7) is 3.49. The first kappa shape index (κ1) is 23.9. The van der Waals surface area contributed by atoms with Crippen molar-refractivity contribution < 1.29 is 23.5 Å². The predicted molar refractivity (Wildman–Crippen MR) is 133 cm³/mol. The summed E-state index contributed by atoms with van der Waals surface area (Å²) in [5.74, 6) is 0.344. The normalized spacial score (nSPS) is 18.7. The minimum absolute atomic E-state index is 0.0235. The number of amides is 2. The van der Waals surface area contributed by atoms with Crippen molar-refractivity contribution in [2.45, 2.75) is 32.2 Å². The molecule has 1 fully saturated rings. The lowest BCUT2D eigenvalue weighted by atomic mass is 9.83. The van der Waals surface area contributed by atoms with Crippen molar-refractivity contribution in [2.75, 3.05) is 19.9 Å². The van der Waals surface area contributed by atoms with Crippen LogP contribution in [-0.4, -0.2) is 36.6 Å². The average molecular weight is 489 g/mol. The molecule has 2 heterocycles. The number of ether oxygens (including phenoxy) is 2. The summed E-state index contributed by atoms with van der Waals surface area (Å²) in [4.78, 5) is 28.3. The molecule has 2 atom stereocenters. The van der Waals surface area contributed by atoms with Crippen LogP contribution >= 0.6 is 0 Å². The van der Waals surface area contributed by atoms with Crippen molar-refractivity contribution in [2.24, 2.45) is 5.92 Å². The number of fused-ring (bicyclic) bond motifs is 1. The van der Waals surface area contributed by atoms with Crippen molar-refractivity contribution >= 4 is 11.8 Å². The molecule has 7 heteroatoms. The van der Waals surface area contributed by atoms with Gasteiger partial charge in [-0.2, -0.15) is 0 Å². The molecule has 3 aromatic carbocycles. The molecule has 0 aliphatic carbocycles. The quantitative estimate of drug-likeness (QED) is 0.547. The molecule has 5 rings (SSSR count). The van der Waals surface area contributed by atoms with Crippen LogP contribution in [0.2, 0.25) is 0 Å². The second-order valence-corrected chi connectivity index (χ2v) is 9.35. The fourth-order valence-electron chi connectivity index (χ4n) is 4.88.